The van der Waals surface area contributed by atoms with E-state index >= 15 is 0 Å². The van der Waals surface area contributed by atoms with Crippen molar-refractivity contribution in [2.45, 2.75) is 6.54 Å². The van der Waals surface area contributed by atoms with Crippen LogP contribution in [0, 0.1) is 0 Å². The number of rotatable bonds is 4. The maximum atomic E-state index is 12.2. The first-order chi connectivity index (χ1) is 9.59. The van der Waals surface area contributed by atoms with Crippen molar-refractivity contribution in [1.29, 1.82) is 0 Å². The minimum Gasteiger partial charge on any atom is -0.476 e. The topological polar surface area (TPSA) is 83.4 Å². The van der Waals surface area contributed by atoms with Crippen LogP contribution in [0.2, 0.25) is 0 Å². The zero-order valence-electron chi connectivity index (χ0n) is 10.9. The lowest BCUT2D eigenvalue weighted by Crippen LogP contribution is -2.29. The summed E-state index contributed by atoms with van der Waals surface area (Å²) in [6.45, 7) is 0.370. The summed E-state index contributed by atoms with van der Waals surface area (Å²) in [4.78, 5) is 32.2. The fourth-order valence-electron chi connectivity index (χ4n) is 1.76. The van der Waals surface area contributed by atoms with Crippen molar-refractivity contribution in [2.24, 2.45) is 0 Å². The van der Waals surface area contributed by atoms with Gasteiger partial charge in [-0.25, -0.2) is 14.8 Å². The van der Waals surface area contributed by atoms with Crippen molar-refractivity contribution in [2.75, 3.05) is 7.05 Å². The Kier molecular flexibility index (Phi) is 4.05. The quantitative estimate of drug-likeness (QED) is 0.909. The van der Waals surface area contributed by atoms with Crippen LogP contribution >= 0.6 is 0 Å². The fourth-order valence-corrected chi connectivity index (χ4v) is 1.76. The van der Waals surface area contributed by atoms with Crippen molar-refractivity contribution in [3.05, 3.63) is 59.7 Å². The van der Waals surface area contributed by atoms with Gasteiger partial charge >= 0.3 is 5.97 Å². The van der Waals surface area contributed by atoms with Gasteiger partial charge in [0, 0.05) is 26.0 Å². The highest BCUT2D eigenvalue weighted by Gasteiger charge is 2.22. The number of aromatic carboxylic acids is 1. The zero-order chi connectivity index (χ0) is 14.5. The smallest absolute Gasteiger partial charge is 0.356 e. The SMILES string of the molecule is CN(Cc1ccccc1)C(=O)c1nccnc1C(=O)O. The van der Waals surface area contributed by atoms with E-state index in [-0.39, 0.29) is 11.4 Å². The second-order valence-electron chi connectivity index (χ2n) is 4.21. The first kappa shape index (κ1) is 13.7. The number of nitrogens with zero attached hydrogens (tertiary/aromatic N) is 3. The molecule has 1 N–H and O–H groups in total. The van der Waals surface area contributed by atoms with Crippen LogP contribution in [0.1, 0.15) is 26.5 Å². The molecule has 2 rings (SSSR count). The molecule has 1 heterocycles. The molecule has 1 aromatic carbocycles. The number of carboxylic acid groups (broad SMARTS) is 1. The molecule has 0 aliphatic heterocycles. The van der Waals surface area contributed by atoms with Gasteiger partial charge in [-0.3, -0.25) is 4.79 Å². The van der Waals surface area contributed by atoms with Crippen molar-refractivity contribution in [3.63, 3.8) is 0 Å². The highest BCUT2D eigenvalue weighted by atomic mass is 16.4. The summed E-state index contributed by atoms with van der Waals surface area (Å²) >= 11 is 0. The van der Waals surface area contributed by atoms with Gasteiger partial charge in [-0.15, -0.1) is 0 Å². The molecule has 1 amide bonds. The number of benzene rings is 1. The van der Waals surface area contributed by atoms with E-state index in [0.717, 1.165) is 5.56 Å². The van der Waals surface area contributed by atoms with Crippen molar-refractivity contribution in [1.82, 2.24) is 14.9 Å². The maximum Gasteiger partial charge on any atom is 0.356 e. The number of carbonyl (C=O) groups excluding carboxylic acids is 1. The van der Waals surface area contributed by atoms with E-state index in [1.807, 2.05) is 30.3 Å². The van der Waals surface area contributed by atoms with Gasteiger partial charge in [0.1, 0.15) is 0 Å². The number of carbonyl (C=O) groups is 2. The van der Waals surface area contributed by atoms with Crippen LogP contribution in [-0.4, -0.2) is 38.9 Å². The first-order valence-corrected chi connectivity index (χ1v) is 5.93. The van der Waals surface area contributed by atoms with Gasteiger partial charge in [-0.05, 0) is 5.56 Å². The van der Waals surface area contributed by atoms with Crippen molar-refractivity contribution >= 4 is 11.9 Å². The second kappa shape index (κ2) is 5.92. The van der Waals surface area contributed by atoms with Crippen LogP contribution in [0.4, 0.5) is 0 Å². The van der Waals surface area contributed by atoms with Gasteiger partial charge in [-0.2, -0.15) is 0 Å². The summed E-state index contributed by atoms with van der Waals surface area (Å²) in [5.74, 6) is -1.74. The molecule has 0 atom stereocenters. The molecule has 0 radical (unpaired) electrons. The predicted molar refractivity (Wildman–Crippen MR) is 71.2 cm³/mol. The highest BCUT2D eigenvalue weighted by Crippen LogP contribution is 2.09. The Balaban J connectivity index is 2.21. The second-order valence-corrected chi connectivity index (χ2v) is 4.21. The Labute approximate surface area is 115 Å². The third-order valence-electron chi connectivity index (χ3n) is 2.71. The lowest BCUT2D eigenvalue weighted by Gasteiger charge is -2.17. The van der Waals surface area contributed by atoms with Crippen molar-refractivity contribution in [3.8, 4) is 0 Å². The molecule has 0 fully saturated rings. The molecule has 2 aromatic rings. The number of aromatic nitrogens is 2. The Bertz CT molecular complexity index is 629. The van der Waals surface area contributed by atoms with Crippen LogP contribution in [-0.2, 0) is 6.54 Å². The summed E-state index contributed by atoms with van der Waals surface area (Å²) < 4.78 is 0. The summed E-state index contributed by atoms with van der Waals surface area (Å²) in [5.41, 5.74) is 0.458. The average Bonchev–Trinajstić information content (AvgIpc) is 2.47. The number of hydrogen-bond donors (Lipinski definition) is 1. The normalized spacial score (nSPS) is 10.1. The molecule has 6 heteroatoms. The molecule has 0 saturated heterocycles. The average molecular weight is 271 g/mol. The summed E-state index contributed by atoms with van der Waals surface area (Å²) in [5, 5.41) is 9.01. The summed E-state index contributed by atoms with van der Waals surface area (Å²) in [6, 6.07) is 9.41. The molecular weight excluding hydrogens is 258 g/mol. The minimum absolute atomic E-state index is 0.154. The molecule has 0 aliphatic rings. The standard InChI is InChI=1S/C14H13N3O3/c1-17(9-10-5-3-2-4-6-10)13(18)11-12(14(19)20)16-8-7-15-11/h2-8H,9H2,1H3,(H,19,20). The predicted octanol–water partition coefficient (Wildman–Crippen LogP) is 1.45. The monoisotopic (exact) mass is 271 g/mol. The molecule has 6 nitrogen and oxygen atoms in total. The molecule has 0 aliphatic carbocycles. The molecule has 20 heavy (non-hydrogen) atoms. The van der Waals surface area contributed by atoms with Gasteiger partial charge < -0.3 is 10.0 Å². The van der Waals surface area contributed by atoms with E-state index in [2.05, 4.69) is 9.97 Å². The molecule has 0 unspecified atom stereocenters. The van der Waals surface area contributed by atoms with Gasteiger partial charge in [0.2, 0.25) is 0 Å². The Morgan fingerprint density at radius 3 is 2.30 bits per heavy atom. The van der Waals surface area contributed by atoms with E-state index < -0.39 is 11.9 Å². The number of carboxylic acids is 1. The van der Waals surface area contributed by atoms with E-state index in [1.54, 1.807) is 7.05 Å². The van der Waals surface area contributed by atoms with Gasteiger partial charge in [0.25, 0.3) is 5.91 Å². The number of hydrogen-bond acceptors (Lipinski definition) is 4. The summed E-state index contributed by atoms with van der Waals surface area (Å²) in [6.07, 6.45) is 2.55. The molecule has 0 bridgehead atoms. The van der Waals surface area contributed by atoms with Crippen LogP contribution < -0.4 is 0 Å². The fraction of sp³-hybridized carbons (Fsp3) is 0.143. The number of amides is 1. The molecule has 0 spiro atoms. The first-order valence-electron chi connectivity index (χ1n) is 5.93. The highest BCUT2D eigenvalue weighted by molar-refractivity contribution is 6.01. The summed E-state index contributed by atoms with van der Waals surface area (Å²) in [7, 11) is 1.59. The Morgan fingerprint density at radius 1 is 1.10 bits per heavy atom. The Hall–Kier alpha value is -2.76. The van der Waals surface area contributed by atoms with Crippen LogP contribution in [0.15, 0.2) is 42.7 Å². The van der Waals surface area contributed by atoms with Gasteiger partial charge in [-0.1, -0.05) is 30.3 Å². The maximum absolute atomic E-state index is 12.2. The van der Waals surface area contributed by atoms with Crippen LogP contribution in [0.5, 0.6) is 0 Å². The van der Waals surface area contributed by atoms with E-state index in [0.29, 0.717) is 6.54 Å². The van der Waals surface area contributed by atoms with E-state index in [9.17, 15) is 9.59 Å². The molecule has 0 saturated carbocycles. The lowest BCUT2D eigenvalue weighted by molar-refractivity contribution is 0.0671. The Morgan fingerprint density at radius 2 is 1.70 bits per heavy atom. The molecular formula is C14H13N3O3. The molecule has 1 aromatic heterocycles. The molecule has 102 valence electrons. The third kappa shape index (κ3) is 2.97. The third-order valence-corrected chi connectivity index (χ3v) is 2.71. The minimum atomic E-state index is -1.27. The van der Waals surface area contributed by atoms with Gasteiger partial charge in [0.05, 0.1) is 0 Å². The van der Waals surface area contributed by atoms with Crippen molar-refractivity contribution < 1.29 is 14.7 Å². The van der Waals surface area contributed by atoms with Gasteiger partial charge in [0.15, 0.2) is 11.4 Å². The lowest BCUT2D eigenvalue weighted by atomic mass is 10.2. The largest absolute Gasteiger partial charge is 0.476 e. The van der Waals surface area contributed by atoms with Crippen LogP contribution in [0.25, 0.3) is 0 Å². The van der Waals surface area contributed by atoms with E-state index in [1.165, 1.54) is 17.3 Å². The van der Waals surface area contributed by atoms with Crippen LogP contribution in [0.3, 0.4) is 0 Å². The zero-order valence-corrected chi connectivity index (χ0v) is 10.9. The van der Waals surface area contributed by atoms with E-state index in [4.69, 9.17) is 5.11 Å².